The number of thiazole rings is 1. The van der Waals surface area contributed by atoms with Crippen LogP contribution >= 0.6 is 11.3 Å². The number of aromatic nitrogens is 3. The molecule has 1 aliphatic heterocycles. The number of hydrogen-bond acceptors (Lipinski definition) is 5. The van der Waals surface area contributed by atoms with Gasteiger partial charge in [0.05, 0.1) is 28.0 Å². The molecule has 0 unspecified atom stereocenters. The minimum atomic E-state index is 0.0651. The molecule has 0 saturated carbocycles. The first kappa shape index (κ1) is 15.3. The third-order valence-corrected chi connectivity index (χ3v) is 6.09. The molecule has 124 valence electrons. The molecule has 0 fully saturated rings. The third-order valence-electron chi connectivity index (χ3n) is 5.00. The van der Waals surface area contributed by atoms with Crippen molar-refractivity contribution < 1.29 is 0 Å². The quantitative estimate of drug-likeness (QED) is 0.683. The van der Waals surface area contributed by atoms with Crippen LogP contribution in [0.5, 0.6) is 0 Å². The maximum Gasteiger partial charge on any atom is 0.258 e. The molecule has 5 nitrogen and oxygen atoms in total. The molecular weight excluding hydrogens is 320 g/mol. The van der Waals surface area contributed by atoms with Crippen LogP contribution in [0.25, 0.3) is 10.2 Å². The zero-order valence-corrected chi connectivity index (χ0v) is 15.2. The molecule has 0 saturated heterocycles. The highest BCUT2D eigenvalue weighted by Crippen LogP contribution is 2.33. The Morgan fingerprint density at radius 1 is 1.17 bits per heavy atom. The fourth-order valence-corrected chi connectivity index (χ4v) is 4.25. The van der Waals surface area contributed by atoms with Crippen LogP contribution in [0.4, 0.5) is 5.13 Å². The van der Waals surface area contributed by atoms with Crippen LogP contribution in [0, 0.1) is 20.8 Å². The van der Waals surface area contributed by atoms with Gasteiger partial charge in [0.1, 0.15) is 5.82 Å². The first-order valence-electron chi connectivity index (χ1n) is 8.13. The fourth-order valence-electron chi connectivity index (χ4n) is 3.20. The van der Waals surface area contributed by atoms with E-state index in [1.807, 2.05) is 6.92 Å². The van der Waals surface area contributed by atoms with Crippen molar-refractivity contribution >= 4 is 26.7 Å². The van der Waals surface area contributed by atoms with E-state index in [2.05, 4.69) is 35.9 Å². The highest BCUT2D eigenvalue weighted by atomic mass is 32.1. The summed E-state index contributed by atoms with van der Waals surface area (Å²) < 4.78 is 2.84. The summed E-state index contributed by atoms with van der Waals surface area (Å²) in [6.07, 6.45) is 0.792. The molecule has 2 aromatic heterocycles. The van der Waals surface area contributed by atoms with Crippen LogP contribution in [-0.2, 0) is 20.0 Å². The summed E-state index contributed by atoms with van der Waals surface area (Å²) in [6.45, 7) is 7.56. The molecule has 3 aromatic rings. The molecule has 1 aliphatic rings. The minimum absolute atomic E-state index is 0.0651. The first-order valence-corrected chi connectivity index (χ1v) is 8.94. The van der Waals surface area contributed by atoms with E-state index < -0.39 is 0 Å². The number of hydrogen-bond donors (Lipinski definition) is 0. The standard InChI is InChI=1S/C18H20N4OS/c1-10-5-6-15-16(11(10)2)20-18(24-15)22-8-7-14-13(9-22)17(23)21(4)12(3)19-14/h5-6H,7-9H2,1-4H3. The Labute approximate surface area is 144 Å². The number of nitrogens with zero attached hydrogens (tertiary/aromatic N) is 4. The number of aryl methyl sites for hydroxylation is 3. The van der Waals surface area contributed by atoms with E-state index in [-0.39, 0.29) is 5.56 Å². The summed E-state index contributed by atoms with van der Waals surface area (Å²) >= 11 is 1.70. The number of rotatable bonds is 1. The Hall–Kier alpha value is -2.21. The Morgan fingerprint density at radius 3 is 2.75 bits per heavy atom. The van der Waals surface area contributed by atoms with Crippen molar-refractivity contribution in [2.24, 2.45) is 7.05 Å². The van der Waals surface area contributed by atoms with Crippen LogP contribution in [0.15, 0.2) is 16.9 Å². The van der Waals surface area contributed by atoms with Gasteiger partial charge in [-0.2, -0.15) is 0 Å². The minimum Gasteiger partial charge on any atom is -0.343 e. The molecule has 24 heavy (non-hydrogen) atoms. The van der Waals surface area contributed by atoms with E-state index in [9.17, 15) is 4.79 Å². The molecule has 6 heteroatoms. The lowest BCUT2D eigenvalue weighted by atomic mass is 10.1. The summed E-state index contributed by atoms with van der Waals surface area (Å²) in [5.41, 5.74) is 5.39. The first-order chi connectivity index (χ1) is 11.5. The van der Waals surface area contributed by atoms with Gasteiger partial charge in [-0.25, -0.2) is 9.97 Å². The van der Waals surface area contributed by atoms with Gasteiger partial charge < -0.3 is 4.90 Å². The van der Waals surface area contributed by atoms with Gasteiger partial charge in [0, 0.05) is 20.0 Å². The van der Waals surface area contributed by atoms with Crippen molar-refractivity contribution in [2.45, 2.75) is 33.7 Å². The maximum atomic E-state index is 12.6. The van der Waals surface area contributed by atoms with Crippen molar-refractivity contribution in [3.63, 3.8) is 0 Å². The smallest absolute Gasteiger partial charge is 0.258 e. The van der Waals surface area contributed by atoms with Crippen molar-refractivity contribution in [3.05, 3.63) is 50.7 Å². The predicted molar refractivity (Wildman–Crippen MR) is 98.1 cm³/mol. The zero-order chi connectivity index (χ0) is 17.0. The maximum absolute atomic E-state index is 12.6. The molecular formula is C18H20N4OS. The third kappa shape index (κ3) is 2.24. The molecule has 0 aliphatic carbocycles. The van der Waals surface area contributed by atoms with Crippen molar-refractivity contribution in [1.29, 1.82) is 0 Å². The van der Waals surface area contributed by atoms with E-state index in [4.69, 9.17) is 4.98 Å². The fraction of sp³-hybridized carbons (Fsp3) is 0.389. The molecule has 4 rings (SSSR count). The summed E-state index contributed by atoms with van der Waals surface area (Å²) in [5, 5.41) is 0.993. The van der Waals surface area contributed by atoms with Crippen molar-refractivity contribution in [1.82, 2.24) is 14.5 Å². The highest BCUT2D eigenvalue weighted by Gasteiger charge is 2.24. The summed E-state index contributed by atoms with van der Waals surface area (Å²) in [7, 11) is 1.79. The van der Waals surface area contributed by atoms with Crippen LogP contribution in [0.2, 0.25) is 0 Å². The SMILES string of the molecule is Cc1ccc2sc(N3CCc4nc(C)n(C)c(=O)c4C3)nc2c1C. The second-order valence-electron chi connectivity index (χ2n) is 6.47. The average Bonchev–Trinajstić information content (AvgIpc) is 3.01. The van der Waals surface area contributed by atoms with Gasteiger partial charge >= 0.3 is 0 Å². The van der Waals surface area contributed by atoms with Crippen molar-refractivity contribution in [2.75, 3.05) is 11.4 Å². The number of anilines is 1. The second-order valence-corrected chi connectivity index (χ2v) is 7.48. The Bertz CT molecular complexity index is 1020. The summed E-state index contributed by atoms with van der Waals surface area (Å²) in [4.78, 5) is 24.2. The topological polar surface area (TPSA) is 51.0 Å². The largest absolute Gasteiger partial charge is 0.343 e. The van der Waals surface area contributed by atoms with Gasteiger partial charge in [-0.05, 0) is 38.0 Å². The number of fused-ring (bicyclic) bond motifs is 2. The predicted octanol–water partition coefficient (Wildman–Crippen LogP) is 2.88. The van der Waals surface area contributed by atoms with E-state index in [0.29, 0.717) is 6.54 Å². The van der Waals surface area contributed by atoms with Crippen LogP contribution in [0.1, 0.15) is 28.2 Å². The molecule has 0 radical (unpaired) electrons. The molecule has 0 spiro atoms. The Balaban J connectivity index is 1.76. The van der Waals surface area contributed by atoms with E-state index >= 15 is 0 Å². The van der Waals surface area contributed by atoms with Gasteiger partial charge in [-0.1, -0.05) is 17.4 Å². The van der Waals surface area contributed by atoms with E-state index in [1.54, 1.807) is 23.0 Å². The van der Waals surface area contributed by atoms with Gasteiger partial charge in [-0.3, -0.25) is 9.36 Å². The summed E-state index contributed by atoms with van der Waals surface area (Å²) in [6, 6.07) is 4.29. The highest BCUT2D eigenvalue weighted by molar-refractivity contribution is 7.22. The molecule has 0 amide bonds. The molecule has 1 aromatic carbocycles. The van der Waals surface area contributed by atoms with Crippen molar-refractivity contribution in [3.8, 4) is 0 Å². The van der Waals surface area contributed by atoms with Gasteiger partial charge in [0.15, 0.2) is 5.13 Å². The lowest BCUT2D eigenvalue weighted by Gasteiger charge is -2.27. The average molecular weight is 340 g/mol. The molecule has 0 N–H and O–H groups in total. The van der Waals surface area contributed by atoms with Crippen LogP contribution in [-0.4, -0.2) is 21.1 Å². The Morgan fingerprint density at radius 2 is 1.96 bits per heavy atom. The molecule has 0 atom stereocenters. The van der Waals surface area contributed by atoms with Gasteiger partial charge in [-0.15, -0.1) is 0 Å². The lowest BCUT2D eigenvalue weighted by Crippen LogP contribution is -2.38. The van der Waals surface area contributed by atoms with Crippen LogP contribution in [0.3, 0.4) is 0 Å². The normalized spacial score (nSPS) is 14.2. The monoisotopic (exact) mass is 340 g/mol. The lowest BCUT2D eigenvalue weighted by molar-refractivity contribution is 0.654. The second kappa shape index (κ2) is 5.41. The zero-order valence-electron chi connectivity index (χ0n) is 14.4. The van der Waals surface area contributed by atoms with Gasteiger partial charge in [0.25, 0.3) is 5.56 Å². The Kier molecular flexibility index (Phi) is 3.46. The molecule has 0 bridgehead atoms. The van der Waals surface area contributed by atoms with Gasteiger partial charge in [0.2, 0.25) is 0 Å². The van der Waals surface area contributed by atoms with E-state index in [1.165, 1.54) is 15.8 Å². The molecule has 3 heterocycles. The van der Waals surface area contributed by atoms with E-state index in [0.717, 1.165) is 40.7 Å². The number of benzene rings is 1. The summed E-state index contributed by atoms with van der Waals surface area (Å²) in [5.74, 6) is 0.776. The van der Waals surface area contributed by atoms with Crippen LogP contribution < -0.4 is 10.5 Å².